The lowest BCUT2D eigenvalue weighted by molar-refractivity contribution is -0.00865. The van der Waals surface area contributed by atoms with Crippen LogP contribution in [-0.2, 0) is 14.2 Å². The van der Waals surface area contributed by atoms with Gasteiger partial charge in [-0.3, -0.25) is 0 Å². The van der Waals surface area contributed by atoms with E-state index >= 15 is 0 Å². The molecule has 0 aliphatic carbocycles. The third-order valence-corrected chi connectivity index (χ3v) is 4.79. The predicted octanol–water partition coefficient (Wildman–Crippen LogP) is 4.76. The average Bonchev–Trinajstić information content (AvgIpc) is 2.63. The highest BCUT2D eigenvalue weighted by Gasteiger charge is 2.39. The Kier molecular flexibility index (Phi) is 8.29. The lowest BCUT2D eigenvalue weighted by Crippen LogP contribution is -2.55. The summed E-state index contributed by atoms with van der Waals surface area (Å²) in [6.45, 7) is 16.7. The zero-order valence-corrected chi connectivity index (χ0v) is 22.4. The molecule has 1 atom stereocenters. The molecule has 35 heavy (non-hydrogen) atoms. The van der Waals surface area contributed by atoms with Crippen molar-refractivity contribution in [2.75, 3.05) is 23.7 Å². The van der Waals surface area contributed by atoms with Crippen LogP contribution < -0.4 is 10.6 Å². The Morgan fingerprint density at radius 3 is 1.89 bits per heavy atom. The van der Waals surface area contributed by atoms with Gasteiger partial charge in [-0.1, -0.05) is 0 Å². The van der Waals surface area contributed by atoms with Gasteiger partial charge in [-0.25, -0.2) is 24.3 Å². The number of carbonyl (C=O) groups is 3. The summed E-state index contributed by atoms with van der Waals surface area (Å²) in [7, 11) is 0. The van der Waals surface area contributed by atoms with E-state index in [1.165, 1.54) is 0 Å². The van der Waals surface area contributed by atoms with Gasteiger partial charge in [0.05, 0.1) is 6.04 Å². The fourth-order valence-corrected chi connectivity index (χ4v) is 3.51. The summed E-state index contributed by atoms with van der Waals surface area (Å²) < 4.78 is 16.4. The number of esters is 1. The molecule has 0 spiro atoms. The molecule has 1 aliphatic rings. The Hall–Kier alpha value is -3.04. The van der Waals surface area contributed by atoms with Gasteiger partial charge in [0.1, 0.15) is 34.0 Å². The standard InChI is InChI=1S/C25H40N4O6/c1-23(2,3)33-20(30)17-12-13-18(27-19(17)26)28-14-10-11-16(15-28)29(21(31)34-24(4,5)6)22(32)35-25(7,8)9/h12-13,16H,10-11,14-15H2,1-9H3,(H2,26,27). The van der Waals surface area contributed by atoms with E-state index in [1.54, 1.807) is 74.4 Å². The fraction of sp³-hybridized carbons (Fsp3) is 0.680. The largest absolute Gasteiger partial charge is 0.456 e. The van der Waals surface area contributed by atoms with Gasteiger partial charge in [0.15, 0.2) is 0 Å². The molecule has 2 heterocycles. The molecule has 10 heteroatoms. The van der Waals surface area contributed by atoms with Gasteiger partial charge in [0, 0.05) is 13.1 Å². The molecule has 1 saturated heterocycles. The fourth-order valence-electron chi connectivity index (χ4n) is 3.51. The number of rotatable bonds is 3. The molecular weight excluding hydrogens is 452 g/mol. The highest BCUT2D eigenvalue weighted by atomic mass is 16.6. The van der Waals surface area contributed by atoms with Crippen molar-refractivity contribution in [1.82, 2.24) is 9.88 Å². The van der Waals surface area contributed by atoms with E-state index in [1.807, 2.05) is 4.90 Å². The number of aromatic nitrogens is 1. The number of nitrogens with zero attached hydrogens (tertiary/aromatic N) is 3. The number of pyridine rings is 1. The van der Waals surface area contributed by atoms with Crippen LogP contribution in [0, 0.1) is 0 Å². The Labute approximate surface area is 208 Å². The Bertz CT molecular complexity index is 915. The first-order valence-corrected chi connectivity index (χ1v) is 11.9. The molecule has 2 rings (SSSR count). The second-order valence-corrected chi connectivity index (χ2v) is 11.7. The molecule has 2 N–H and O–H groups in total. The smallest absolute Gasteiger partial charge is 0.420 e. The van der Waals surface area contributed by atoms with Gasteiger partial charge in [0.25, 0.3) is 0 Å². The van der Waals surface area contributed by atoms with Gasteiger partial charge >= 0.3 is 18.2 Å². The number of imide groups is 1. The van der Waals surface area contributed by atoms with E-state index < -0.39 is 41.0 Å². The summed E-state index contributed by atoms with van der Waals surface area (Å²) in [6.07, 6.45) is -0.236. The summed E-state index contributed by atoms with van der Waals surface area (Å²) in [5, 5.41) is 0. The average molecular weight is 493 g/mol. The van der Waals surface area contributed by atoms with Crippen LogP contribution >= 0.6 is 0 Å². The van der Waals surface area contributed by atoms with E-state index in [0.717, 1.165) is 4.90 Å². The highest BCUT2D eigenvalue weighted by Crippen LogP contribution is 2.26. The lowest BCUT2D eigenvalue weighted by atomic mass is 10.0. The van der Waals surface area contributed by atoms with Crippen LogP contribution in [0.25, 0.3) is 0 Å². The molecule has 0 radical (unpaired) electrons. The summed E-state index contributed by atoms with van der Waals surface area (Å²) in [5.41, 5.74) is 4.05. The molecule has 1 aromatic heterocycles. The molecule has 1 aromatic rings. The number of piperidine rings is 1. The Morgan fingerprint density at radius 1 is 0.914 bits per heavy atom. The van der Waals surface area contributed by atoms with E-state index in [-0.39, 0.29) is 11.4 Å². The molecule has 0 saturated carbocycles. The zero-order chi connectivity index (χ0) is 26.8. The van der Waals surface area contributed by atoms with E-state index in [0.29, 0.717) is 31.7 Å². The van der Waals surface area contributed by atoms with Crippen molar-refractivity contribution in [2.45, 2.75) is 98.0 Å². The first-order chi connectivity index (χ1) is 15.9. The highest BCUT2D eigenvalue weighted by molar-refractivity contribution is 5.94. The monoisotopic (exact) mass is 492 g/mol. The summed E-state index contributed by atoms with van der Waals surface area (Å²) in [6, 6.07) is 2.76. The maximum Gasteiger partial charge on any atom is 0.420 e. The molecule has 0 aromatic carbocycles. The minimum absolute atomic E-state index is 0.0509. The van der Waals surface area contributed by atoms with Crippen molar-refractivity contribution in [3.63, 3.8) is 0 Å². The quantitative estimate of drug-likeness (QED) is 0.469. The van der Waals surface area contributed by atoms with Crippen molar-refractivity contribution in [3.05, 3.63) is 17.7 Å². The van der Waals surface area contributed by atoms with Crippen LogP contribution in [0.15, 0.2) is 12.1 Å². The predicted molar refractivity (Wildman–Crippen MR) is 133 cm³/mol. The van der Waals surface area contributed by atoms with E-state index in [4.69, 9.17) is 19.9 Å². The number of hydrogen-bond acceptors (Lipinski definition) is 9. The van der Waals surface area contributed by atoms with Crippen LogP contribution in [-0.4, -0.2) is 64.0 Å². The van der Waals surface area contributed by atoms with Gasteiger partial charge in [0.2, 0.25) is 0 Å². The molecule has 1 aliphatic heterocycles. The minimum Gasteiger partial charge on any atom is -0.456 e. The van der Waals surface area contributed by atoms with Crippen LogP contribution in [0.5, 0.6) is 0 Å². The maximum absolute atomic E-state index is 13.0. The second kappa shape index (κ2) is 10.3. The van der Waals surface area contributed by atoms with Crippen LogP contribution in [0.2, 0.25) is 0 Å². The molecule has 0 bridgehead atoms. The van der Waals surface area contributed by atoms with Crippen molar-refractivity contribution in [3.8, 4) is 0 Å². The number of carbonyl (C=O) groups excluding carboxylic acids is 3. The third-order valence-electron chi connectivity index (χ3n) is 4.79. The SMILES string of the molecule is CC(C)(C)OC(=O)c1ccc(N2CCCC(N(C(=O)OC(C)(C)C)C(=O)OC(C)(C)C)C2)nc1N. The molecule has 10 nitrogen and oxygen atoms in total. The number of nitrogen functional groups attached to an aromatic ring is 1. The Balaban J connectivity index is 2.27. The normalized spacial score (nSPS) is 16.9. The van der Waals surface area contributed by atoms with Gasteiger partial charge < -0.3 is 24.8 Å². The Morgan fingerprint density at radius 2 is 1.43 bits per heavy atom. The zero-order valence-electron chi connectivity index (χ0n) is 22.4. The van der Waals surface area contributed by atoms with Crippen molar-refractivity contribution in [1.29, 1.82) is 0 Å². The van der Waals surface area contributed by atoms with Crippen molar-refractivity contribution < 1.29 is 28.6 Å². The van der Waals surface area contributed by atoms with Gasteiger partial charge in [-0.05, 0) is 87.3 Å². The molecule has 2 amide bonds. The first kappa shape index (κ1) is 28.2. The lowest BCUT2D eigenvalue weighted by Gasteiger charge is -2.39. The molecular formula is C25H40N4O6. The third kappa shape index (κ3) is 8.60. The summed E-state index contributed by atoms with van der Waals surface area (Å²) in [5.74, 6) is 0.0365. The van der Waals surface area contributed by atoms with Crippen molar-refractivity contribution in [2.24, 2.45) is 0 Å². The topological polar surface area (TPSA) is 124 Å². The number of amides is 2. The van der Waals surface area contributed by atoms with Crippen molar-refractivity contribution >= 4 is 29.8 Å². The number of hydrogen-bond donors (Lipinski definition) is 1. The van der Waals surface area contributed by atoms with Crippen LogP contribution in [0.4, 0.5) is 21.2 Å². The van der Waals surface area contributed by atoms with Crippen LogP contribution in [0.1, 0.15) is 85.5 Å². The second-order valence-electron chi connectivity index (χ2n) is 11.7. The minimum atomic E-state index is -0.779. The van der Waals surface area contributed by atoms with Crippen LogP contribution in [0.3, 0.4) is 0 Å². The summed E-state index contributed by atoms with van der Waals surface area (Å²) in [4.78, 5) is 45.8. The van der Waals surface area contributed by atoms with E-state index in [2.05, 4.69) is 4.98 Å². The maximum atomic E-state index is 13.0. The van der Waals surface area contributed by atoms with E-state index in [9.17, 15) is 14.4 Å². The van der Waals surface area contributed by atoms with Gasteiger partial charge in [-0.15, -0.1) is 0 Å². The number of nitrogens with two attached hydrogens (primary N) is 1. The van der Waals surface area contributed by atoms with Gasteiger partial charge in [-0.2, -0.15) is 0 Å². The number of anilines is 2. The number of ether oxygens (including phenoxy) is 3. The summed E-state index contributed by atoms with van der Waals surface area (Å²) >= 11 is 0. The molecule has 196 valence electrons. The molecule has 1 fully saturated rings. The molecule has 1 unspecified atom stereocenters. The first-order valence-electron chi connectivity index (χ1n) is 11.9.